The van der Waals surface area contributed by atoms with E-state index in [1.54, 1.807) is 0 Å². The molecule has 462 valence electrons. The number of aliphatic hydroxyl groups is 2. The van der Waals surface area contributed by atoms with Gasteiger partial charge in [-0.15, -0.1) is 0 Å². The first-order valence-electron chi connectivity index (χ1n) is 29.8. The molecule has 0 rings (SSSR count). The topological polar surface area (TPSA) is 231 Å². The van der Waals surface area contributed by atoms with Crippen LogP contribution in [0.5, 0.6) is 0 Å². The van der Waals surface area contributed by atoms with Gasteiger partial charge < -0.3 is 34.2 Å². The van der Waals surface area contributed by atoms with E-state index in [0.29, 0.717) is 25.7 Å². The number of carbonyl (C=O) groups excluding carboxylic acids is 3. The van der Waals surface area contributed by atoms with Gasteiger partial charge in [-0.1, -0.05) is 194 Å². The number of esters is 3. The summed E-state index contributed by atoms with van der Waals surface area (Å²) in [7, 11) is -9.79. The maximum absolute atomic E-state index is 12.8. The van der Waals surface area contributed by atoms with Crippen LogP contribution < -0.4 is 0 Å². The van der Waals surface area contributed by atoms with Crippen molar-refractivity contribution in [3.05, 3.63) is 122 Å². The summed E-state index contributed by atoms with van der Waals surface area (Å²) >= 11 is 0. The number of phosphoric ester groups is 2. The number of rotatable bonds is 55. The van der Waals surface area contributed by atoms with Crippen LogP contribution in [0.2, 0.25) is 0 Å². The fourth-order valence-corrected chi connectivity index (χ4v) is 8.67. The van der Waals surface area contributed by atoms with Gasteiger partial charge in [-0.3, -0.25) is 32.5 Å². The van der Waals surface area contributed by atoms with Crippen molar-refractivity contribution in [2.24, 2.45) is 0 Å². The van der Waals surface area contributed by atoms with Crippen molar-refractivity contribution in [3.63, 3.8) is 0 Å². The minimum absolute atomic E-state index is 0.0566. The molecular weight excluding hydrogens is 1070 g/mol. The molecule has 0 amide bonds. The number of ether oxygens (including phenoxy) is 3. The molecule has 0 saturated heterocycles. The first-order chi connectivity index (χ1) is 39.2. The Morgan fingerprint density at radius 1 is 0.358 bits per heavy atom. The van der Waals surface area contributed by atoms with Crippen LogP contribution in [-0.4, -0.2) is 95.9 Å². The minimum Gasteiger partial charge on any atom is -0.463 e. The van der Waals surface area contributed by atoms with Crippen LogP contribution in [-0.2, 0) is 55.8 Å². The van der Waals surface area contributed by atoms with Gasteiger partial charge in [0.05, 0.1) is 26.4 Å². The highest BCUT2D eigenvalue weighted by atomic mass is 31.2. The van der Waals surface area contributed by atoms with Gasteiger partial charge in [0.25, 0.3) is 0 Å². The van der Waals surface area contributed by atoms with Crippen LogP contribution >= 0.6 is 15.6 Å². The third-order valence-electron chi connectivity index (χ3n) is 11.6. The van der Waals surface area contributed by atoms with Crippen molar-refractivity contribution in [1.29, 1.82) is 0 Å². The quantitative estimate of drug-likeness (QED) is 0.0146. The highest BCUT2D eigenvalue weighted by molar-refractivity contribution is 7.47. The monoisotopic (exact) mass is 1180 g/mol. The molecule has 0 aromatic rings. The second-order valence-electron chi connectivity index (χ2n) is 19.4. The number of aliphatic hydroxyl groups excluding tert-OH is 2. The third-order valence-corrected chi connectivity index (χ3v) is 13.5. The van der Waals surface area contributed by atoms with Crippen LogP contribution in [0.25, 0.3) is 0 Å². The molecule has 0 spiro atoms. The molecule has 81 heavy (non-hydrogen) atoms. The van der Waals surface area contributed by atoms with Crippen LogP contribution in [0, 0.1) is 0 Å². The van der Waals surface area contributed by atoms with Crippen molar-refractivity contribution in [2.45, 2.75) is 219 Å². The number of phosphoric acid groups is 2. The molecule has 0 aliphatic heterocycles. The predicted octanol–water partition coefficient (Wildman–Crippen LogP) is 15.5. The van der Waals surface area contributed by atoms with Gasteiger partial charge in [0, 0.05) is 19.3 Å². The second kappa shape index (κ2) is 56.4. The zero-order valence-corrected chi connectivity index (χ0v) is 51.2. The van der Waals surface area contributed by atoms with E-state index in [9.17, 15) is 43.5 Å². The fourth-order valence-electron chi connectivity index (χ4n) is 7.08. The van der Waals surface area contributed by atoms with Crippen molar-refractivity contribution in [1.82, 2.24) is 0 Å². The Hall–Kier alpha value is -4.05. The van der Waals surface area contributed by atoms with Crippen LogP contribution in [0.4, 0.5) is 0 Å². The summed E-state index contributed by atoms with van der Waals surface area (Å²) in [5.41, 5.74) is 0. The lowest BCUT2D eigenvalue weighted by Crippen LogP contribution is -2.30. The van der Waals surface area contributed by atoms with Crippen molar-refractivity contribution in [3.8, 4) is 0 Å². The van der Waals surface area contributed by atoms with Crippen LogP contribution in [0.15, 0.2) is 122 Å². The van der Waals surface area contributed by atoms with E-state index >= 15 is 0 Å². The summed E-state index contributed by atoms with van der Waals surface area (Å²) in [4.78, 5) is 58.0. The average Bonchev–Trinajstić information content (AvgIpc) is 3.45. The predicted molar refractivity (Wildman–Crippen MR) is 325 cm³/mol. The summed E-state index contributed by atoms with van der Waals surface area (Å²) in [6.07, 6.45) is 61.5. The van der Waals surface area contributed by atoms with Gasteiger partial charge in [0.15, 0.2) is 6.10 Å². The smallest absolute Gasteiger partial charge is 0.463 e. The molecule has 18 heteroatoms. The van der Waals surface area contributed by atoms with Gasteiger partial charge in [-0.05, 0) is 109 Å². The normalized spacial score (nSPS) is 15.3. The molecule has 0 heterocycles. The zero-order valence-electron chi connectivity index (χ0n) is 49.4. The largest absolute Gasteiger partial charge is 0.472 e. The van der Waals surface area contributed by atoms with Gasteiger partial charge in [0.1, 0.15) is 25.4 Å². The molecule has 16 nitrogen and oxygen atoms in total. The third kappa shape index (κ3) is 57.6. The Bertz CT molecular complexity index is 1970. The lowest BCUT2D eigenvalue weighted by molar-refractivity contribution is -0.161. The van der Waals surface area contributed by atoms with Crippen molar-refractivity contribution >= 4 is 33.6 Å². The van der Waals surface area contributed by atoms with E-state index in [4.69, 9.17) is 32.3 Å². The highest BCUT2D eigenvalue weighted by Gasteiger charge is 2.29. The molecule has 5 unspecified atom stereocenters. The molecule has 4 N–H and O–H groups in total. The molecule has 0 aliphatic carbocycles. The Kier molecular flexibility index (Phi) is 53.6. The summed E-state index contributed by atoms with van der Waals surface area (Å²) in [5, 5.41) is 20.4. The standard InChI is InChI=1S/C63H104O16P2/c1-4-7-10-13-16-19-22-25-26-27-28-29-30-33-35-37-40-43-46-49-61(66)73-52-58(64)53-75-80(69,70)76-54-59(65)55-77-81(71,72)78-57-60(79-63(68)51-48-45-42-39-36-32-24-21-18-15-12-9-6-3)56-74-62(67)50-47-44-41-38-34-31-23-20-17-14-11-8-5-2/h7,10-12,14-16,19-21,23-26,28-29,33,35,40,43,58-60,64-65H,4-6,8-9,13,17-18,22,27,30-32,34,36-39,41-42,44-57H2,1-3H3,(H,69,70)(H,71,72)/b10-7-,14-11-,15-12-,19-16-,23-20-,24-21-,26-25-,29-28-,35-33-,43-40-. The maximum Gasteiger partial charge on any atom is 0.472 e. The summed E-state index contributed by atoms with van der Waals surface area (Å²) in [5.74, 6) is -1.70. The Labute approximate surface area is 487 Å². The molecule has 0 fully saturated rings. The summed E-state index contributed by atoms with van der Waals surface area (Å²) < 4.78 is 60.5. The van der Waals surface area contributed by atoms with E-state index < -0.39 is 91.5 Å². The van der Waals surface area contributed by atoms with E-state index in [1.807, 2.05) is 18.2 Å². The lowest BCUT2D eigenvalue weighted by atomic mass is 10.1. The summed E-state index contributed by atoms with van der Waals surface area (Å²) in [6.45, 7) is 2.24. The second-order valence-corrected chi connectivity index (χ2v) is 22.3. The van der Waals surface area contributed by atoms with Gasteiger partial charge in [0.2, 0.25) is 0 Å². The first-order valence-corrected chi connectivity index (χ1v) is 32.8. The molecule has 0 bridgehead atoms. The van der Waals surface area contributed by atoms with Gasteiger partial charge in [-0.25, -0.2) is 9.13 Å². The van der Waals surface area contributed by atoms with Crippen molar-refractivity contribution in [2.75, 3.05) is 39.6 Å². The number of hydrogen-bond donors (Lipinski definition) is 4. The van der Waals surface area contributed by atoms with E-state index in [-0.39, 0.29) is 19.3 Å². The molecule has 0 radical (unpaired) electrons. The lowest BCUT2D eigenvalue weighted by Gasteiger charge is -2.21. The van der Waals surface area contributed by atoms with E-state index in [2.05, 4.69) is 124 Å². The number of allylic oxidation sites excluding steroid dienone is 20. The minimum atomic E-state index is -4.93. The van der Waals surface area contributed by atoms with E-state index in [1.165, 1.54) is 0 Å². The Morgan fingerprint density at radius 2 is 0.679 bits per heavy atom. The average molecular weight is 1180 g/mol. The molecular formula is C63H104O16P2. The molecule has 5 atom stereocenters. The Morgan fingerprint density at radius 3 is 1.11 bits per heavy atom. The molecule has 0 aliphatic rings. The Balaban J connectivity index is 4.73. The summed E-state index contributed by atoms with van der Waals surface area (Å²) in [6, 6.07) is 0. The van der Waals surface area contributed by atoms with Gasteiger partial charge in [-0.2, -0.15) is 0 Å². The van der Waals surface area contributed by atoms with Gasteiger partial charge >= 0.3 is 33.6 Å². The van der Waals surface area contributed by atoms with E-state index in [0.717, 1.165) is 135 Å². The van der Waals surface area contributed by atoms with Crippen LogP contribution in [0.1, 0.15) is 201 Å². The molecule has 0 aromatic carbocycles. The highest BCUT2D eigenvalue weighted by Crippen LogP contribution is 2.45. The molecule has 0 aromatic heterocycles. The van der Waals surface area contributed by atoms with Crippen molar-refractivity contribution < 1.29 is 75.8 Å². The van der Waals surface area contributed by atoms with Crippen LogP contribution in [0.3, 0.4) is 0 Å². The zero-order chi connectivity index (χ0) is 59.6. The SMILES string of the molecule is CC/C=C\C/C=C\C/C=C\C/C=C\C/C=C\C/C=C\CCC(=O)OCC(O)COP(=O)(O)OCC(O)COP(=O)(O)OCC(COC(=O)CCCCCCC/C=C\C/C=C\CCC)OC(=O)CCCCCCC/C=C\C/C=C\CCC. The number of hydrogen-bond acceptors (Lipinski definition) is 14. The maximum atomic E-state index is 12.8. The first kappa shape index (κ1) is 77.0. The fraction of sp³-hybridized carbons (Fsp3) is 0.635. The number of carbonyl (C=O) groups is 3. The molecule has 0 saturated carbocycles. The number of unbranched alkanes of at least 4 members (excludes halogenated alkanes) is 12.